The molecule has 1 amide bonds. The largest absolute Gasteiger partial charge is 0.353 e. The molecule has 0 radical (unpaired) electrons. The Hall–Kier alpha value is -0.690. The molecule has 0 bridgehead atoms. The van der Waals surface area contributed by atoms with E-state index < -0.39 is 0 Å². The second kappa shape index (κ2) is 11.4. The van der Waals surface area contributed by atoms with Crippen molar-refractivity contribution in [2.45, 2.75) is 102 Å². The Labute approximate surface area is 201 Å². The topological polar surface area (TPSA) is 82.4 Å². The second-order valence-corrected chi connectivity index (χ2v) is 12.2. The number of hydrogen-bond acceptors (Lipinski definition) is 5. The number of fused-ring (bicyclic) bond motifs is 1. The SMILES string of the molecule is NCCNCC1CCC(C2CCC3NCN(CC4CCCC(C(=O)NC5CC5)C4)C3C2)CC1. The Morgan fingerprint density at radius 2 is 1.73 bits per heavy atom. The number of nitrogens with one attached hydrogen (secondary N) is 3. The molecule has 5 rings (SSSR count). The van der Waals surface area contributed by atoms with Crippen LogP contribution in [0.2, 0.25) is 0 Å². The second-order valence-electron chi connectivity index (χ2n) is 12.2. The number of nitrogens with zero attached hydrogens (tertiary/aromatic N) is 1. The van der Waals surface area contributed by atoms with E-state index in [1.165, 1.54) is 77.2 Å². The van der Waals surface area contributed by atoms with Crippen molar-refractivity contribution in [1.29, 1.82) is 0 Å². The van der Waals surface area contributed by atoms with Crippen LogP contribution in [0.5, 0.6) is 0 Å². The van der Waals surface area contributed by atoms with E-state index in [9.17, 15) is 4.79 Å². The maximum absolute atomic E-state index is 12.6. The summed E-state index contributed by atoms with van der Waals surface area (Å²) in [6.45, 7) is 5.14. The molecule has 5 N–H and O–H groups in total. The van der Waals surface area contributed by atoms with Crippen molar-refractivity contribution in [2.24, 2.45) is 35.3 Å². The molecule has 5 atom stereocenters. The molecule has 5 fully saturated rings. The summed E-state index contributed by atoms with van der Waals surface area (Å²) in [5.74, 6) is 4.06. The van der Waals surface area contributed by atoms with E-state index in [-0.39, 0.29) is 5.92 Å². The van der Waals surface area contributed by atoms with Gasteiger partial charge in [0.15, 0.2) is 0 Å². The van der Waals surface area contributed by atoms with Crippen molar-refractivity contribution < 1.29 is 4.79 Å². The number of hydrogen-bond donors (Lipinski definition) is 4. The quantitative estimate of drug-likeness (QED) is 0.399. The number of rotatable bonds is 9. The summed E-state index contributed by atoms with van der Waals surface area (Å²) < 4.78 is 0. The first-order chi connectivity index (χ1) is 16.2. The Kier molecular flexibility index (Phi) is 8.27. The lowest BCUT2D eigenvalue weighted by molar-refractivity contribution is -0.126. The van der Waals surface area contributed by atoms with E-state index in [4.69, 9.17) is 5.73 Å². The van der Waals surface area contributed by atoms with E-state index in [2.05, 4.69) is 20.9 Å². The van der Waals surface area contributed by atoms with Gasteiger partial charge in [0.1, 0.15) is 0 Å². The van der Waals surface area contributed by atoms with Gasteiger partial charge < -0.3 is 16.4 Å². The molecule has 4 aliphatic carbocycles. The molecule has 33 heavy (non-hydrogen) atoms. The van der Waals surface area contributed by atoms with Gasteiger partial charge in [-0.1, -0.05) is 6.42 Å². The fraction of sp³-hybridized carbons (Fsp3) is 0.963. The van der Waals surface area contributed by atoms with Gasteiger partial charge in [-0.25, -0.2) is 0 Å². The third-order valence-corrected chi connectivity index (χ3v) is 9.76. The van der Waals surface area contributed by atoms with Crippen molar-refractivity contribution in [3.05, 3.63) is 0 Å². The van der Waals surface area contributed by atoms with E-state index in [0.29, 0.717) is 23.9 Å². The predicted octanol–water partition coefficient (Wildman–Crippen LogP) is 2.83. The van der Waals surface area contributed by atoms with Crippen molar-refractivity contribution >= 4 is 5.91 Å². The first-order valence-corrected chi connectivity index (χ1v) is 14.4. The summed E-state index contributed by atoms with van der Waals surface area (Å²) >= 11 is 0. The molecule has 6 heteroatoms. The molecule has 6 nitrogen and oxygen atoms in total. The minimum absolute atomic E-state index is 0.268. The van der Waals surface area contributed by atoms with Crippen LogP contribution in [0.4, 0.5) is 0 Å². The van der Waals surface area contributed by atoms with Gasteiger partial charge in [0.2, 0.25) is 5.91 Å². The molecule has 1 saturated heterocycles. The van der Waals surface area contributed by atoms with Crippen LogP contribution in [0, 0.1) is 29.6 Å². The van der Waals surface area contributed by atoms with Crippen molar-refractivity contribution in [1.82, 2.24) is 20.9 Å². The molecule has 188 valence electrons. The monoisotopic (exact) mass is 459 g/mol. The summed E-state index contributed by atoms with van der Waals surface area (Å²) in [5, 5.41) is 10.7. The van der Waals surface area contributed by atoms with Crippen LogP contribution in [-0.2, 0) is 4.79 Å². The molecule has 0 aromatic carbocycles. The lowest BCUT2D eigenvalue weighted by Gasteiger charge is -2.42. The highest BCUT2D eigenvalue weighted by Crippen LogP contribution is 2.42. The summed E-state index contributed by atoms with van der Waals surface area (Å²) in [5.41, 5.74) is 5.63. The molecule has 5 aliphatic rings. The zero-order valence-electron chi connectivity index (χ0n) is 20.8. The van der Waals surface area contributed by atoms with E-state index in [1.807, 2.05) is 0 Å². The first-order valence-electron chi connectivity index (χ1n) is 14.4. The third kappa shape index (κ3) is 6.31. The Bertz CT molecular complexity index is 632. The molecule has 0 aromatic heterocycles. The molecule has 1 aliphatic heterocycles. The van der Waals surface area contributed by atoms with Crippen molar-refractivity contribution in [3.8, 4) is 0 Å². The third-order valence-electron chi connectivity index (χ3n) is 9.76. The Morgan fingerprint density at radius 3 is 2.52 bits per heavy atom. The van der Waals surface area contributed by atoms with Gasteiger partial charge in [0.25, 0.3) is 0 Å². The minimum Gasteiger partial charge on any atom is -0.353 e. The van der Waals surface area contributed by atoms with Crippen molar-refractivity contribution in [2.75, 3.05) is 32.8 Å². The minimum atomic E-state index is 0.268. The molecule has 5 unspecified atom stereocenters. The van der Waals surface area contributed by atoms with E-state index in [0.717, 1.165) is 62.9 Å². The lowest BCUT2D eigenvalue weighted by Crippen LogP contribution is -2.45. The number of amides is 1. The highest BCUT2D eigenvalue weighted by Gasteiger charge is 2.42. The zero-order valence-corrected chi connectivity index (χ0v) is 20.8. The standard InChI is InChI=1S/C27H49N5O/c28-12-13-29-16-19-4-6-21(7-5-19)22-8-11-25-26(15-22)32(18-30-25)17-20-2-1-3-23(14-20)27(33)31-24-9-10-24/h19-26,29-30H,1-18,28H2,(H,31,33). The molecule has 0 aromatic rings. The Morgan fingerprint density at radius 1 is 0.909 bits per heavy atom. The number of nitrogens with two attached hydrogens (primary N) is 1. The van der Waals surface area contributed by atoms with Gasteiger partial charge in [0.05, 0.1) is 0 Å². The summed E-state index contributed by atoms with van der Waals surface area (Å²) in [7, 11) is 0. The zero-order chi connectivity index (χ0) is 22.6. The fourth-order valence-corrected chi connectivity index (χ4v) is 7.65. The fourth-order valence-electron chi connectivity index (χ4n) is 7.65. The normalized spacial score (nSPS) is 39.8. The Balaban J connectivity index is 1.08. The molecule has 1 heterocycles. The summed E-state index contributed by atoms with van der Waals surface area (Å²) in [4.78, 5) is 15.4. The van der Waals surface area contributed by atoms with Gasteiger partial charge in [-0.15, -0.1) is 0 Å². The first kappa shape index (κ1) is 24.0. The van der Waals surface area contributed by atoms with Gasteiger partial charge in [-0.05, 0) is 107 Å². The van der Waals surface area contributed by atoms with Crippen LogP contribution >= 0.6 is 0 Å². The molecular weight excluding hydrogens is 410 g/mol. The van der Waals surface area contributed by atoms with E-state index >= 15 is 0 Å². The van der Waals surface area contributed by atoms with E-state index in [1.54, 1.807) is 0 Å². The molecular formula is C27H49N5O. The van der Waals surface area contributed by atoms with Crippen LogP contribution in [0.1, 0.15) is 83.5 Å². The predicted molar refractivity (Wildman–Crippen MR) is 134 cm³/mol. The van der Waals surface area contributed by atoms with Crippen LogP contribution in [0.25, 0.3) is 0 Å². The molecule has 0 spiro atoms. The van der Waals surface area contributed by atoms with Crippen LogP contribution in [-0.4, -0.2) is 61.8 Å². The highest BCUT2D eigenvalue weighted by atomic mass is 16.2. The maximum Gasteiger partial charge on any atom is 0.223 e. The average molecular weight is 460 g/mol. The van der Waals surface area contributed by atoms with Gasteiger partial charge in [0, 0.05) is 50.3 Å². The smallest absolute Gasteiger partial charge is 0.223 e. The van der Waals surface area contributed by atoms with Gasteiger partial charge >= 0.3 is 0 Å². The average Bonchev–Trinajstić information content (AvgIpc) is 3.58. The van der Waals surface area contributed by atoms with Crippen molar-refractivity contribution in [3.63, 3.8) is 0 Å². The maximum atomic E-state index is 12.6. The highest BCUT2D eigenvalue weighted by molar-refractivity contribution is 5.79. The van der Waals surface area contributed by atoms with Crippen LogP contribution in [0.3, 0.4) is 0 Å². The number of carbonyl (C=O) groups excluding carboxylic acids is 1. The summed E-state index contributed by atoms with van der Waals surface area (Å²) in [6.07, 6.45) is 17.0. The van der Waals surface area contributed by atoms with Crippen LogP contribution < -0.4 is 21.7 Å². The van der Waals surface area contributed by atoms with Crippen LogP contribution in [0.15, 0.2) is 0 Å². The number of carbonyl (C=O) groups is 1. The van der Waals surface area contributed by atoms with Gasteiger partial charge in [-0.3, -0.25) is 15.0 Å². The lowest BCUT2D eigenvalue weighted by atomic mass is 9.69. The summed E-state index contributed by atoms with van der Waals surface area (Å²) in [6, 6.07) is 1.93. The molecule has 4 saturated carbocycles. The van der Waals surface area contributed by atoms with Gasteiger partial charge in [-0.2, -0.15) is 0 Å².